The predicted molar refractivity (Wildman–Crippen MR) is 522 cm³/mol. The number of benzene rings is 2. The zero-order chi connectivity index (χ0) is 103. The fourth-order valence-electron chi connectivity index (χ4n) is 17.5. The number of amides is 18. The van der Waals surface area contributed by atoms with Crippen molar-refractivity contribution in [1.29, 1.82) is 5.41 Å². The number of halogens is 1. The maximum Gasteiger partial charge on any atom is 0.303 e. The Kier molecular flexibility index (Phi) is 48.4. The van der Waals surface area contributed by atoms with E-state index in [0.29, 0.717) is 56.1 Å². The average Bonchev–Trinajstić information content (AvgIpc) is 1.65. The Bertz CT molecular complexity index is 4620. The number of aliphatic carboxylic acids is 1. The van der Waals surface area contributed by atoms with E-state index in [4.69, 9.17) is 39.9 Å². The lowest BCUT2D eigenvalue weighted by Gasteiger charge is -2.33. The minimum atomic E-state index is -1.84. The number of nitrogens with two attached hydrogens (primary N) is 4. The molecule has 0 bridgehead atoms. The molecule has 0 spiro atoms. The molecule has 5 aliphatic rings. The monoisotopic (exact) mass is 2020 g/mol. The number of carbonyl (C=O) groups excluding carboxylic acids is 18. The largest absolute Gasteiger partial charge is 0.481 e. The van der Waals surface area contributed by atoms with Crippen LogP contribution < -0.4 is 97.4 Å². The molecule has 18 amide bonds. The Morgan fingerprint density at radius 2 is 1.10 bits per heavy atom. The number of rotatable bonds is 39. The third kappa shape index (κ3) is 36.2. The highest BCUT2D eigenvalue weighted by molar-refractivity contribution is 8.76. The molecule has 0 aromatic heterocycles. The van der Waals surface area contributed by atoms with E-state index in [1.807, 2.05) is 6.92 Å². The molecule has 47 heteroatoms. The summed E-state index contributed by atoms with van der Waals surface area (Å²) in [6, 6.07) is -9.66. The lowest BCUT2D eigenvalue weighted by atomic mass is 10.0. The van der Waals surface area contributed by atoms with Gasteiger partial charge >= 0.3 is 5.97 Å². The standard InChI is InChI=1S/C93H144ClN23O21S2/c1-8-9-27-63-89(135)114-41-19-31-70(114)86(132)101-54(6)77(123)112-68(50-118)84(130)110-66(48-56-23-11-10-12-24-56)83(129)113-69(85(131)108-64(29-14-16-39-96)90(136)117-44-22-34-73(117)91(137)115-42-20-32-71(115)87(133)103-59(76(97)122)35-36-74(120)121)51-140-139-45-37-62(80(126)109-65(46-52(2)3)81(127)105-61(30-18-40-100-93(98)99)78(124)104-60(79(125)107-63)28-13-15-38-95)106-82(128)67(49-57-25-17-26-58(94)47-57)111-88(134)72-33-21-43-116(72)92(138)75(53(4)5)102-55(7)119/h10-12,17,23-26,47,52-54,59-73,75,118H,8-9,13-16,18-22,27-46,48-51,95-96H2,1-7H3,(H2,97,122)(H,101,132)(H,102,119)(H,103,133)(H,104,124)(H,105,127)(H,106,128)(H,107,125)(H,108,131)(H,109,126)(H,110,130)(H,111,134)(H,112,123)(H,113,129)(H,120,121)(H4,98,99,100)/t54?,59-,60-,61-,62?,63-,64?,65-,66-,67-,68-,69-,70-,71-,72-,73-,75-/m0/s1. The summed E-state index contributed by atoms with van der Waals surface area (Å²) in [5.74, 6) is -18.2. The quantitative estimate of drug-likeness (QED) is 0.0149. The van der Waals surface area contributed by atoms with Gasteiger partial charge in [0.2, 0.25) is 106 Å². The van der Waals surface area contributed by atoms with Crippen molar-refractivity contribution in [3.8, 4) is 0 Å². The molecule has 5 saturated heterocycles. The smallest absolute Gasteiger partial charge is 0.303 e. The molecule has 44 nitrogen and oxygen atoms in total. The van der Waals surface area contributed by atoms with Gasteiger partial charge in [0.25, 0.3) is 0 Å². The first kappa shape index (κ1) is 115. The molecule has 0 radical (unpaired) electrons. The van der Waals surface area contributed by atoms with Gasteiger partial charge in [0.1, 0.15) is 103 Å². The normalized spacial score (nSPS) is 24.1. The van der Waals surface area contributed by atoms with Gasteiger partial charge in [-0.2, -0.15) is 0 Å². The van der Waals surface area contributed by atoms with Gasteiger partial charge in [-0.25, -0.2) is 0 Å². The maximum atomic E-state index is 15.7. The van der Waals surface area contributed by atoms with Crippen molar-refractivity contribution in [2.75, 3.05) is 63.9 Å². The van der Waals surface area contributed by atoms with E-state index in [2.05, 4.69) is 74.4 Å². The summed E-state index contributed by atoms with van der Waals surface area (Å²) in [6.45, 7) is 10.8. The van der Waals surface area contributed by atoms with Crippen LogP contribution in [0.2, 0.25) is 5.02 Å². The lowest BCUT2D eigenvalue weighted by Crippen LogP contribution is -2.61. The van der Waals surface area contributed by atoms with Gasteiger partial charge in [0.05, 0.1) is 6.61 Å². The molecule has 0 saturated carbocycles. The summed E-state index contributed by atoms with van der Waals surface area (Å²) >= 11 is 6.54. The molecule has 5 fully saturated rings. The van der Waals surface area contributed by atoms with Crippen molar-refractivity contribution in [3.05, 3.63) is 70.7 Å². The number of carboxylic acid groups (broad SMARTS) is 1. The Morgan fingerprint density at radius 3 is 1.71 bits per heavy atom. The van der Waals surface area contributed by atoms with Gasteiger partial charge in [-0.15, -0.1) is 0 Å². The van der Waals surface area contributed by atoms with Crippen LogP contribution in [0.15, 0.2) is 54.6 Å². The molecular weight excluding hydrogens is 1870 g/mol. The molecule has 17 atom stereocenters. The van der Waals surface area contributed by atoms with E-state index in [9.17, 15) is 67.7 Å². The van der Waals surface area contributed by atoms with E-state index in [-0.39, 0.29) is 166 Å². The summed E-state index contributed by atoms with van der Waals surface area (Å²) in [5.41, 5.74) is 24.1. The Balaban J connectivity index is 1.34. The van der Waals surface area contributed by atoms with Gasteiger partial charge in [-0.1, -0.05) is 123 Å². The van der Waals surface area contributed by atoms with Crippen LogP contribution in [0.5, 0.6) is 0 Å². The van der Waals surface area contributed by atoms with Gasteiger partial charge in [-0.05, 0) is 184 Å². The number of primary amides is 1. The topological polar surface area (TPSA) is 674 Å². The third-order valence-electron chi connectivity index (χ3n) is 25.0. The van der Waals surface area contributed by atoms with E-state index in [1.54, 1.807) is 82.3 Å². The second kappa shape index (κ2) is 58.7. The molecule has 140 heavy (non-hydrogen) atoms. The van der Waals surface area contributed by atoms with Crippen LogP contribution in [0, 0.1) is 17.2 Å². The van der Waals surface area contributed by atoms with Crippen molar-refractivity contribution < 1.29 is 101 Å². The molecule has 0 aliphatic carbocycles. The number of aliphatic hydroxyl groups excluding tert-OH is 1. The predicted octanol–water partition coefficient (Wildman–Crippen LogP) is -2.03. The number of nitrogens with zero attached hydrogens (tertiary/aromatic N) is 4. The van der Waals surface area contributed by atoms with Crippen molar-refractivity contribution in [2.24, 2.45) is 34.8 Å². The first-order valence-electron chi connectivity index (χ1n) is 48.5. The molecule has 7 rings (SSSR count). The van der Waals surface area contributed by atoms with E-state index >= 15 is 33.6 Å². The van der Waals surface area contributed by atoms with Gasteiger partial charge in [0.15, 0.2) is 5.96 Å². The summed E-state index contributed by atoms with van der Waals surface area (Å²) in [6.07, 6.45) is 1.79. The minimum Gasteiger partial charge on any atom is -0.481 e. The number of nitrogens with one attached hydrogen (secondary N) is 15. The second-order valence-electron chi connectivity index (χ2n) is 36.8. The molecule has 25 N–H and O–H groups in total. The molecule has 3 unspecified atom stereocenters. The van der Waals surface area contributed by atoms with Crippen LogP contribution in [-0.4, -0.2) is 315 Å². The Hall–Kier alpha value is -11.5. The molecular formula is C93H144ClN23O21S2. The zero-order valence-electron chi connectivity index (χ0n) is 80.9. The van der Waals surface area contributed by atoms with Crippen LogP contribution in [0.1, 0.15) is 207 Å². The van der Waals surface area contributed by atoms with E-state index < -0.39 is 252 Å². The fraction of sp³-hybridized carbons (Fsp3) is 0.656. The first-order valence-corrected chi connectivity index (χ1v) is 51.3. The maximum absolute atomic E-state index is 15.7. The third-order valence-corrected chi connectivity index (χ3v) is 27.7. The van der Waals surface area contributed by atoms with Crippen molar-refractivity contribution in [1.82, 2.24) is 94.0 Å². The Labute approximate surface area is 828 Å². The summed E-state index contributed by atoms with van der Waals surface area (Å²) < 4.78 is 0. The van der Waals surface area contributed by atoms with Crippen molar-refractivity contribution in [3.63, 3.8) is 0 Å². The van der Waals surface area contributed by atoms with E-state index in [1.165, 1.54) is 33.4 Å². The molecule has 5 aliphatic heterocycles. The number of unbranched alkanes of at least 4 members (excludes halogenated alkanes) is 3. The molecule has 2 aromatic carbocycles. The van der Waals surface area contributed by atoms with Crippen LogP contribution >= 0.6 is 33.2 Å². The number of fused-ring (bicyclic) bond motifs is 1. The highest BCUT2D eigenvalue weighted by Gasteiger charge is 2.48. The molecule has 2 aromatic rings. The van der Waals surface area contributed by atoms with Gasteiger partial charge < -0.3 is 127 Å². The summed E-state index contributed by atoms with van der Waals surface area (Å²) in [7, 11) is 1.93. The number of carboxylic acids is 1. The summed E-state index contributed by atoms with van der Waals surface area (Å²) in [4.78, 5) is 281. The van der Waals surface area contributed by atoms with Crippen LogP contribution in [0.4, 0.5) is 0 Å². The first-order chi connectivity index (χ1) is 66.7. The lowest BCUT2D eigenvalue weighted by molar-refractivity contribution is -0.148. The summed E-state index contributed by atoms with van der Waals surface area (Å²) in [5, 5.41) is 66.3. The number of hydrogen-bond donors (Lipinski definition) is 21. The highest BCUT2D eigenvalue weighted by atomic mass is 35.5. The van der Waals surface area contributed by atoms with Crippen molar-refractivity contribution >= 4 is 151 Å². The highest BCUT2D eigenvalue weighted by Crippen LogP contribution is 2.30. The molecule has 5 heterocycles. The fourth-order valence-corrected chi connectivity index (χ4v) is 19.9. The van der Waals surface area contributed by atoms with Crippen molar-refractivity contribution in [2.45, 2.75) is 312 Å². The Morgan fingerprint density at radius 1 is 0.550 bits per heavy atom. The number of likely N-dealkylation sites (tertiary alicyclic amines) is 3. The second-order valence-corrected chi connectivity index (χ2v) is 39.9. The number of guanidine groups is 1. The van der Waals surface area contributed by atoms with Crippen LogP contribution in [-0.2, 0) is 104 Å². The zero-order valence-corrected chi connectivity index (χ0v) is 83.2. The van der Waals surface area contributed by atoms with E-state index in [0.717, 1.165) is 21.6 Å². The SMILES string of the molecule is CCCC[C@@H]1NC(=O)[C@H](CCCCN)NC(=O)[C@H](CCCNC(=N)N)NC(=O)[C@H](CC(C)C)NC(=O)C(NC(=O)[C@H](Cc2cccc(Cl)c2)NC(=O)[C@@H]2CCCN2C(=O)[C@@H](NC(C)=O)C(C)C)CCSSC[C@@H](C(=O)NC(CCCCN)C(=O)N2CCC[C@H]2C(=O)N2CCC[C@H]2C(=O)N[C@@H](CCC(=O)O)C(N)=O)NC(=O)[C@H](Cc2ccccc2)NC(=O)[C@H](CO)NC(=O)C(C)NC(=O)[C@@H]2CCCN2C1=O. The number of aliphatic hydroxyl groups is 1. The molecule has 776 valence electrons. The number of carbonyl (C=O) groups is 19. The minimum absolute atomic E-state index is 0.00894. The average molecular weight is 2020 g/mol. The van der Waals surface area contributed by atoms with Gasteiger partial charge in [0, 0.05) is 75.4 Å². The van der Waals surface area contributed by atoms with Gasteiger partial charge in [-0.3, -0.25) is 96.5 Å². The van der Waals surface area contributed by atoms with Crippen LogP contribution in [0.25, 0.3) is 0 Å². The number of hydrogen-bond acceptors (Lipinski definition) is 25. The van der Waals surface area contributed by atoms with Crippen LogP contribution in [0.3, 0.4) is 0 Å².